The molecule has 0 aliphatic heterocycles. The minimum atomic E-state index is -0.331. The summed E-state index contributed by atoms with van der Waals surface area (Å²) in [7, 11) is 0. The van der Waals surface area contributed by atoms with Crippen LogP contribution in [0, 0.1) is 12.7 Å². The van der Waals surface area contributed by atoms with Crippen LogP contribution in [-0.2, 0) is 13.1 Å². The molecule has 0 radical (unpaired) electrons. The summed E-state index contributed by atoms with van der Waals surface area (Å²) in [5.41, 5.74) is 3.62. The average Bonchev–Trinajstić information content (AvgIpc) is 2.75. The maximum Gasteiger partial charge on any atom is 0.274 e. The molecule has 4 rings (SSSR count). The van der Waals surface area contributed by atoms with Gasteiger partial charge < -0.3 is 4.90 Å². The Kier molecular flexibility index (Phi) is 5.68. The molecule has 2 aromatic carbocycles. The number of amides is 1. The van der Waals surface area contributed by atoms with Gasteiger partial charge in [0, 0.05) is 36.4 Å². The number of hydrogen-bond donors (Lipinski definition) is 0. The van der Waals surface area contributed by atoms with E-state index in [-0.39, 0.29) is 30.5 Å². The number of hydrogen-bond acceptors (Lipinski definition) is 4. The first kappa shape index (κ1) is 19.9. The second-order valence-corrected chi connectivity index (χ2v) is 7.37. The first-order valence-electron chi connectivity index (χ1n) is 9.35. The van der Waals surface area contributed by atoms with Gasteiger partial charge in [0.15, 0.2) is 0 Å². The van der Waals surface area contributed by atoms with E-state index in [0.29, 0.717) is 10.7 Å². The Morgan fingerprint density at radius 3 is 2.60 bits per heavy atom. The van der Waals surface area contributed by atoms with Gasteiger partial charge in [0.1, 0.15) is 16.7 Å². The molecule has 0 aliphatic rings. The van der Waals surface area contributed by atoms with E-state index < -0.39 is 0 Å². The average molecular weight is 421 g/mol. The molecule has 5 nitrogen and oxygen atoms in total. The highest BCUT2D eigenvalue weighted by Crippen LogP contribution is 2.24. The molecule has 2 heterocycles. The van der Waals surface area contributed by atoms with Gasteiger partial charge in [0.25, 0.3) is 5.91 Å². The molecule has 0 unspecified atom stereocenters. The molecule has 2 aromatic heterocycles. The lowest BCUT2D eigenvalue weighted by Crippen LogP contribution is -2.31. The van der Waals surface area contributed by atoms with Crippen molar-refractivity contribution in [2.45, 2.75) is 20.0 Å². The number of benzene rings is 2. The molecule has 30 heavy (non-hydrogen) atoms. The third kappa shape index (κ3) is 4.44. The monoisotopic (exact) mass is 420 g/mol. The van der Waals surface area contributed by atoms with Crippen LogP contribution in [0.5, 0.6) is 0 Å². The minimum Gasteiger partial charge on any atom is -0.328 e. The number of rotatable bonds is 5. The molecule has 150 valence electrons. The first-order valence-corrected chi connectivity index (χ1v) is 9.73. The van der Waals surface area contributed by atoms with Crippen LogP contribution >= 0.6 is 11.6 Å². The molecule has 0 saturated heterocycles. The summed E-state index contributed by atoms with van der Waals surface area (Å²) in [6.45, 7) is 2.48. The van der Waals surface area contributed by atoms with Crippen LogP contribution < -0.4 is 0 Å². The molecule has 0 atom stereocenters. The number of carbonyl (C=O) groups is 1. The molecular weight excluding hydrogens is 403 g/mol. The summed E-state index contributed by atoms with van der Waals surface area (Å²) in [4.78, 5) is 27.3. The van der Waals surface area contributed by atoms with Gasteiger partial charge in [-0.15, -0.1) is 0 Å². The summed E-state index contributed by atoms with van der Waals surface area (Å²) in [5, 5.41) is 1.28. The largest absolute Gasteiger partial charge is 0.328 e. The van der Waals surface area contributed by atoms with Gasteiger partial charge in [-0.2, -0.15) is 0 Å². The van der Waals surface area contributed by atoms with Crippen molar-refractivity contribution in [3.63, 3.8) is 0 Å². The van der Waals surface area contributed by atoms with Crippen LogP contribution in [0.4, 0.5) is 4.39 Å². The van der Waals surface area contributed by atoms with Gasteiger partial charge in [0.2, 0.25) is 0 Å². The van der Waals surface area contributed by atoms with Gasteiger partial charge >= 0.3 is 0 Å². The van der Waals surface area contributed by atoms with E-state index >= 15 is 0 Å². The molecule has 1 amide bonds. The first-order chi connectivity index (χ1) is 14.5. The van der Waals surface area contributed by atoms with Crippen LogP contribution in [0.25, 0.3) is 10.9 Å². The molecule has 0 spiro atoms. The predicted octanol–water partition coefficient (Wildman–Crippen LogP) is 4.97. The Hall–Kier alpha value is -3.38. The van der Waals surface area contributed by atoms with Crippen molar-refractivity contribution in [3.05, 3.63) is 100 Å². The van der Waals surface area contributed by atoms with Crippen LogP contribution in [0.2, 0.25) is 5.15 Å². The molecule has 0 aliphatic carbocycles. The zero-order valence-electron chi connectivity index (χ0n) is 16.2. The lowest BCUT2D eigenvalue weighted by molar-refractivity contribution is 0.0723. The van der Waals surface area contributed by atoms with E-state index in [1.165, 1.54) is 30.7 Å². The van der Waals surface area contributed by atoms with Gasteiger partial charge in [-0.25, -0.2) is 14.4 Å². The Morgan fingerprint density at radius 2 is 1.87 bits per heavy atom. The van der Waals surface area contributed by atoms with Gasteiger partial charge in [-0.1, -0.05) is 35.9 Å². The van der Waals surface area contributed by atoms with E-state index in [0.717, 1.165) is 22.0 Å². The van der Waals surface area contributed by atoms with Gasteiger partial charge in [-0.3, -0.25) is 9.78 Å². The van der Waals surface area contributed by atoms with Crippen LogP contribution in [0.3, 0.4) is 0 Å². The second kappa shape index (κ2) is 8.55. The van der Waals surface area contributed by atoms with Crippen molar-refractivity contribution >= 4 is 28.4 Å². The normalized spacial score (nSPS) is 10.9. The summed E-state index contributed by atoms with van der Waals surface area (Å²) in [5.74, 6) is -0.630. The fourth-order valence-electron chi connectivity index (χ4n) is 3.20. The SMILES string of the molecule is Cc1ccc2cc(CN(Cc3ccc(F)cc3)C(=O)c3cnccn3)c(Cl)nc2c1. The van der Waals surface area contributed by atoms with E-state index in [1.54, 1.807) is 17.0 Å². The lowest BCUT2D eigenvalue weighted by Gasteiger charge is -2.23. The molecule has 0 bridgehead atoms. The third-order valence-corrected chi connectivity index (χ3v) is 5.04. The number of aromatic nitrogens is 3. The van der Waals surface area contributed by atoms with Crippen molar-refractivity contribution in [1.82, 2.24) is 19.9 Å². The maximum absolute atomic E-state index is 13.3. The van der Waals surface area contributed by atoms with Crippen LogP contribution in [-0.4, -0.2) is 25.8 Å². The van der Waals surface area contributed by atoms with Crippen molar-refractivity contribution in [3.8, 4) is 0 Å². The third-order valence-electron chi connectivity index (χ3n) is 4.72. The summed E-state index contributed by atoms with van der Waals surface area (Å²) in [6.07, 6.45) is 4.40. The minimum absolute atomic E-state index is 0.222. The fourth-order valence-corrected chi connectivity index (χ4v) is 3.40. The quantitative estimate of drug-likeness (QED) is 0.428. The fraction of sp³-hybridized carbons (Fsp3) is 0.130. The van der Waals surface area contributed by atoms with E-state index in [2.05, 4.69) is 15.0 Å². The molecule has 0 N–H and O–H groups in total. The lowest BCUT2D eigenvalue weighted by atomic mass is 10.1. The smallest absolute Gasteiger partial charge is 0.274 e. The second-order valence-electron chi connectivity index (χ2n) is 7.01. The number of carbonyl (C=O) groups excluding carboxylic acids is 1. The van der Waals surface area contributed by atoms with Crippen LogP contribution in [0.15, 0.2) is 67.1 Å². The van der Waals surface area contributed by atoms with E-state index in [4.69, 9.17) is 11.6 Å². The topological polar surface area (TPSA) is 59.0 Å². The maximum atomic E-state index is 13.3. The number of fused-ring (bicyclic) bond motifs is 1. The highest BCUT2D eigenvalue weighted by Gasteiger charge is 2.20. The molecule has 0 saturated carbocycles. The van der Waals surface area contributed by atoms with Crippen molar-refractivity contribution in [1.29, 1.82) is 0 Å². The Morgan fingerprint density at radius 1 is 1.07 bits per heavy atom. The Balaban J connectivity index is 1.69. The number of halogens is 2. The summed E-state index contributed by atoms with van der Waals surface area (Å²) < 4.78 is 13.3. The molecule has 7 heteroatoms. The summed E-state index contributed by atoms with van der Waals surface area (Å²) in [6, 6.07) is 13.9. The molecular formula is C23H18ClFN4O. The highest BCUT2D eigenvalue weighted by molar-refractivity contribution is 6.30. The van der Waals surface area contributed by atoms with E-state index in [9.17, 15) is 9.18 Å². The van der Waals surface area contributed by atoms with Crippen LogP contribution in [0.1, 0.15) is 27.2 Å². The number of aryl methyl sites for hydroxylation is 1. The molecule has 4 aromatic rings. The van der Waals surface area contributed by atoms with E-state index in [1.807, 2.05) is 31.2 Å². The standard InChI is InChI=1S/C23H18ClFN4O/c1-15-2-5-17-11-18(22(24)28-20(17)10-15)14-29(13-16-3-6-19(25)7-4-16)23(30)21-12-26-8-9-27-21/h2-12H,13-14H2,1H3. The number of nitrogens with zero attached hydrogens (tertiary/aromatic N) is 4. The van der Waals surface area contributed by atoms with Gasteiger partial charge in [0.05, 0.1) is 11.7 Å². The highest BCUT2D eigenvalue weighted by atomic mass is 35.5. The van der Waals surface area contributed by atoms with Crippen molar-refractivity contribution in [2.24, 2.45) is 0 Å². The zero-order chi connectivity index (χ0) is 21.1. The zero-order valence-corrected chi connectivity index (χ0v) is 17.0. The Labute approximate surface area is 178 Å². The van der Waals surface area contributed by atoms with Crippen molar-refractivity contribution < 1.29 is 9.18 Å². The van der Waals surface area contributed by atoms with Gasteiger partial charge in [-0.05, 0) is 42.3 Å². The van der Waals surface area contributed by atoms with Crippen molar-refractivity contribution in [2.75, 3.05) is 0 Å². The predicted molar refractivity (Wildman–Crippen MR) is 113 cm³/mol. The summed E-state index contributed by atoms with van der Waals surface area (Å²) >= 11 is 6.45. The molecule has 0 fully saturated rings. The number of pyridine rings is 1. The Bertz CT molecular complexity index is 1200.